The summed E-state index contributed by atoms with van der Waals surface area (Å²) in [7, 11) is -1.34. The number of nitrogens with zero attached hydrogens (tertiary/aromatic N) is 2. The van der Waals surface area contributed by atoms with E-state index in [0.29, 0.717) is 5.92 Å². The molecule has 7 aromatic rings. The number of benzene rings is 4. The van der Waals surface area contributed by atoms with Gasteiger partial charge in [-0.1, -0.05) is 123 Å². The summed E-state index contributed by atoms with van der Waals surface area (Å²) in [4.78, 5) is 9.42. The quantitative estimate of drug-likeness (QED) is 0.118. The first-order chi connectivity index (χ1) is 25.7. The van der Waals surface area contributed by atoms with Gasteiger partial charge in [0.05, 0.1) is 13.7 Å². The van der Waals surface area contributed by atoms with Crippen molar-refractivity contribution in [3.8, 4) is 33.6 Å². The summed E-state index contributed by atoms with van der Waals surface area (Å²) in [6.45, 7) is 11.7. The summed E-state index contributed by atoms with van der Waals surface area (Å²) in [6.07, 6.45) is 12.4. The zero-order valence-electron chi connectivity index (χ0n) is 32.2. The molecule has 10 rings (SSSR count). The molecule has 277 valence electrons. The van der Waals surface area contributed by atoms with E-state index in [1.165, 1.54) is 66.0 Å². The van der Waals surface area contributed by atoms with Gasteiger partial charge >= 0.3 is 0 Å². The van der Waals surface area contributed by atoms with Crippen LogP contribution in [0, 0.1) is 29.9 Å². The summed E-state index contributed by atoms with van der Waals surface area (Å²) in [6, 6.07) is 42.5. The van der Waals surface area contributed by atoms with E-state index in [0.717, 1.165) is 62.2 Å². The molecule has 0 N–H and O–H groups in total. The van der Waals surface area contributed by atoms with Crippen LogP contribution in [-0.2, 0) is 26.5 Å². The van der Waals surface area contributed by atoms with Crippen LogP contribution >= 0.6 is 0 Å². The van der Waals surface area contributed by atoms with Crippen molar-refractivity contribution in [1.82, 2.24) is 9.97 Å². The normalized spacial score (nSPS) is 18.0. The van der Waals surface area contributed by atoms with Crippen molar-refractivity contribution >= 4 is 35.2 Å². The number of rotatable bonds is 7. The third kappa shape index (κ3) is 7.96. The maximum absolute atomic E-state index is 6.46. The van der Waals surface area contributed by atoms with E-state index in [4.69, 9.17) is 9.40 Å². The summed E-state index contributed by atoms with van der Waals surface area (Å²) >= 11 is 0. The molecule has 54 heavy (non-hydrogen) atoms. The van der Waals surface area contributed by atoms with Gasteiger partial charge in [0.2, 0.25) is 0 Å². The second kappa shape index (κ2) is 16.3. The number of aromatic nitrogens is 2. The van der Waals surface area contributed by atoms with E-state index in [1.807, 2.05) is 30.5 Å². The van der Waals surface area contributed by atoms with Gasteiger partial charge in [0.1, 0.15) is 5.58 Å². The molecule has 3 nitrogen and oxygen atoms in total. The van der Waals surface area contributed by atoms with Crippen LogP contribution in [0.4, 0.5) is 0 Å². The predicted molar refractivity (Wildman–Crippen MR) is 224 cm³/mol. The van der Waals surface area contributed by atoms with Gasteiger partial charge in [-0.2, -0.15) is 0 Å². The Morgan fingerprint density at radius 2 is 1.59 bits per heavy atom. The van der Waals surface area contributed by atoms with E-state index in [2.05, 4.69) is 136 Å². The first kappa shape index (κ1) is 38.1. The van der Waals surface area contributed by atoms with Gasteiger partial charge in [-0.05, 0) is 89.2 Å². The van der Waals surface area contributed by atoms with E-state index in [-0.39, 0.29) is 20.1 Å². The third-order valence-corrected chi connectivity index (χ3v) is 13.7. The Labute approximate surface area is 336 Å². The second-order valence-corrected chi connectivity index (χ2v) is 21.6. The minimum absolute atomic E-state index is 0. The molecule has 1 radical (unpaired) electrons. The molecule has 1 atom stereocenters. The Morgan fingerprint density at radius 3 is 2.30 bits per heavy atom. The van der Waals surface area contributed by atoms with Crippen LogP contribution in [0.25, 0.3) is 55.6 Å². The number of hydrogen-bond donors (Lipinski definition) is 0. The Bertz CT molecular complexity index is 2340. The van der Waals surface area contributed by atoms with Gasteiger partial charge < -0.3 is 14.4 Å². The molecule has 3 fully saturated rings. The van der Waals surface area contributed by atoms with E-state index < -0.39 is 8.07 Å². The average Bonchev–Trinajstić information content (AvgIpc) is 3.58. The van der Waals surface area contributed by atoms with Gasteiger partial charge in [-0.3, -0.25) is 0 Å². The Hall–Kier alpha value is -4.15. The van der Waals surface area contributed by atoms with Crippen molar-refractivity contribution in [2.24, 2.45) is 17.8 Å². The molecule has 5 heteroatoms. The fourth-order valence-electron chi connectivity index (χ4n) is 8.92. The Morgan fingerprint density at radius 1 is 0.796 bits per heavy atom. The summed E-state index contributed by atoms with van der Waals surface area (Å²) in [5, 5.41) is 3.76. The molecular formula is C49H50IrN2OSi-2. The smallest absolute Gasteiger partial charge is 0.121 e. The second-order valence-electron chi connectivity index (χ2n) is 16.6. The van der Waals surface area contributed by atoms with Crippen LogP contribution < -0.4 is 5.19 Å². The summed E-state index contributed by atoms with van der Waals surface area (Å²) < 4.78 is 6.46. The maximum Gasteiger partial charge on any atom is 0.121 e. The van der Waals surface area contributed by atoms with Crippen LogP contribution in [0.15, 0.2) is 120 Å². The molecule has 0 spiro atoms. The minimum Gasteiger partial charge on any atom is -0.501 e. The van der Waals surface area contributed by atoms with E-state index >= 15 is 0 Å². The van der Waals surface area contributed by atoms with Crippen molar-refractivity contribution in [2.45, 2.75) is 77.9 Å². The van der Waals surface area contributed by atoms with Crippen LogP contribution in [0.3, 0.4) is 0 Å². The SMILES string of the molecule is CC(C)c1cc(-c2[c-]cccc2)ncc1[Si](C)(C)C.[Ir].[c-]1ccc2c(oc3cccc(-c4ccccc4)c32)c1-c1cc(CC2CC3CCC2CC3)ccn1. The van der Waals surface area contributed by atoms with Gasteiger partial charge in [-0.25, -0.2) is 0 Å². The van der Waals surface area contributed by atoms with Crippen molar-refractivity contribution in [3.63, 3.8) is 0 Å². The largest absolute Gasteiger partial charge is 0.501 e. The van der Waals surface area contributed by atoms with Gasteiger partial charge in [0, 0.05) is 37.9 Å². The molecule has 3 heterocycles. The molecule has 2 bridgehead atoms. The topological polar surface area (TPSA) is 38.9 Å². The van der Waals surface area contributed by atoms with Crippen LogP contribution in [0.2, 0.25) is 19.6 Å². The van der Waals surface area contributed by atoms with Crippen molar-refractivity contribution in [3.05, 3.63) is 139 Å². The fraction of sp³-hybridized carbons (Fsp3) is 0.306. The third-order valence-electron chi connectivity index (χ3n) is 11.7. The van der Waals surface area contributed by atoms with E-state index in [9.17, 15) is 0 Å². The van der Waals surface area contributed by atoms with Crippen molar-refractivity contribution in [1.29, 1.82) is 0 Å². The van der Waals surface area contributed by atoms with Crippen LogP contribution in [0.5, 0.6) is 0 Å². The molecule has 0 saturated heterocycles. The fourth-order valence-corrected chi connectivity index (χ4v) is 10.6. The molecule has 4 aromatic carbocycles. The van der Waals surface area contributed by atoms with Gasteiger partial charge in [0.15, 0.2) is 0 Å². The predicted octanol–water partition coefficient (Wildman–Crippen LogP) is 12.7. The first-order valence-electron chi connectivity index (χ1n) is 19.6. The first-order valence-corrected chi connectivity index (χ1v) is 23.1. The molecule has 3 aliphatic rings. The molecule has 1 unspecified atom stereocenters. The monoisotopic (exact) mass is 903 g/mol. The molecule has 3 saturated carbocycles. The van der Waals surface area contributed by atoms with Crippen molar-refractivity contribution in [2.75, 3.05) is 0 Å². The molecule has 0 aliphatic heterocycles. The zero-order chi connectivity index (χ0) is 36.5. The average molecular weight is 903 g/mol. The molecule has 3 aliphatic carbocycles. The Kier molecular flexibility index (Phi) is 11.5. The number of furan rings is 1. The van der Waals surface area contributed by atoms with E-state index in [1.54, 1.807) is 0 Å². The summed E-state index contributed by atoms with van der Waals surface area (Å²) in [5.74, 6) is 3.26. The molecule has 3 aromatic heterocycles. The van der Waals surface area contributed by atoms with Crippen LogP contribution in [0.1, 0.15) is 63.0 Å². The molecule has 0 amide bonds. The Balaban J connectivity index is 0.000000193. The number of fused-ring (bicyclic) bond motifs is 6. The summed E-state index contributed by atoms with van der Waals surface area (Å²) in [5.41, 5.74) is 11.1. The van der Waals surface area contributed by atoms with Crippen LogP contribution in [-0.4, -0.2) is 18.0 Å². The zero-order valence-corrected chi connectivity index (χ0v) is 35.6. The van der Waals surface area contributed by atoms with Gasteiger partial charge in [0.25, 0.3) is 0 Å². The van der Waals surface area contributed by atoms with Gasteiger partial charge in [-0.15, -0.1) is 54.1 Å². The number of pyridine rings is 2. The maximum atomic E-state index is 6.46. The molecular weight excluding hydrogens is 853 g/mol. The standard InChI is InChI=1S/C32H28NO.C17H22NSi.Ir/c1-2-6-24(7-3-1)26-8-5-11-30-31(26)28-10-4-9-27(32(28)34-30)29-20-22(16-17-33-29)19-25-18-21-12-14-23(25)15-13-21;1-13(2)15-11-16(14-9-7-6-8-10-14)18-12-17(15)19(3,4)5;/h1-8,10-11,16-17,20-21,23,25H,12-15,18-19H2;6-9,11-13H,1-5H3;/q2*-1;. The number of hydrogen-bond acceptors (Lipinski definition) is 3. The van der Waals surface area contributed by atoms with Crippen molar-refractivity contribution < 1.29 is 24.5 Å². The minimum atomic E-state index is -1.34.